The highest BCUT2D eigenvalue weighted by Crippen LogP contribution is 2.35. The Morgan fingerprint density at radius 2 is 1.96 bits per heavy atom. The molecule has 2 aromatic rings. The van der Waals surface area contributed by atoms with Gasteiger partial charge in [0.1, 0.15) is 0 Å². The third kappa shape index (κ3) is 3.93. The fourth-order valence-corrected chi connectivity index (χ4v) is 4.50. The first-order chi connectivity index (χ1) is 13.5. The molecule has 2 aromatic heterocycles. The predicted octanol–water partition coefficient (Wildman–Crippen LogP) is 2.09. The van der Waals surface area contributed by atoms with Gasteiger partial charge in [-0.15, -0.1) is 0 Å². The number of carbonyl (C=O) groups is 1. The van der Waals surface area contributed by atoms with E-state index < -0.39 is 0 Å². The quantitative estimate of drug-likeness (QED) is 0.802. The maximum absolute atomic E-state index is 12.7. The molecule has 2 unspecified atom stereocenters. The van der Waals surface area contributed by atoms with Crippen molar-refractivity contribution in [1.82, 2.24) is 19.4 Å². The molecule has 4 heterocycles. The highest BCUT2D eigenvalue weighted by molar-refractivity contribution is 5.76. The zero-order valence-electron chi connectivity index (χ0n) is 16.5. The molecule has 0 radical (unpaired) electrons. The van der Waals surface area contributed by atoms with E-state index in [1.807, 2.05) is 41.5 Å². The van der Waals surface area contributed by atoms with Gasteiger partial charge in [0.15, 0.2) is 0 Å². The fourth-order valence-electron chi connectivity index (χ4n) is 4.50. The molecule has 7 heteroatoms. The summed E-state index contributed by atoms with van der Waals surface area (Å²) in [4.78, 5) is 35.6. The Bertz CT molecular complexity index is 918. The number of hydrogen-bond acceptors (Lipinski definition) is 5. The summed E-state index contributed by atoms with van der Waals surface area (Å²) >= 11 is 0. The van der Waals surface area contributed by atoms with Crippen LogP contribution in [-0.2, 0) is 11.3 Å². The zero-order valence-corrected chi connectivity index (χ0v) is 16.5. The molecule has 2 aliphatic heterocycles. The Hall–Kier alpha value is -2.70. The number of rotatable bonds is 5. The second-order valence-corrected chi connectivity index (χ2v) is 8.00. The average Bonchev–Trinajstić information content (AvgIpc) is 2.65. The summed E-state index contributed by atoms with van der Waals surface area (Å²) in [6.07, 6.45) is 2.33. The molecule has 1 amide bonds. The van der Waals surface area contributed by atoms with E-state index in [4.69, 9.17) is 0 Å². The van der Waals surface area contributed by atoms with Crippen molar-refractivity contribution in [3.63, 3.8) is 0 Å². The molecule has 1 fully saturated rings. The highest BCUT2D eigenvalue weighted by atomic mass is 16.2. The van der Waals surface area contributed by atoms with Crippen molar-refractivity contribution in [2.45, 2.75) is 45.6 Å². The third-order valence-electron chi connectivity index (χ3n) is 5.67. The van der Waals surface area contributed by atoms with Crippen LogP contribution >= 0.6 is 0 Å². The first-order valence-corrected chi connectivity index (χ1v) is 10.0. The minimum absolute atomic E-state index is 0.0756. The van der Waals surface area contributed by atoms with E-state index in [0.717, 1.165) is 43.0 Å². The second-order valence-electron chi connectivity index (χ2n) is 8.00. The lowest BCUT2D eigenvalue weighted by atomic mass is 9.83. The number of aromatic nitrogens is 3. The molecule has 2 bridgehead atoms. The topological polar surface area (TPSA) is 80.1 Å². The number of amides is 1. The van der Waals surface area contributed by atoms with E-state index in [0.29, 0.717) is 31.4 Å². The molecular formula is C21H27N5O2. The number of carbonyl (C=O) groups excluding carboxylic acids is 1. The summed E-state index contributed by atoms with van der Waals surface area (Å²) in [6, 6.07) is 7.42. The lowest BCUT2D eigenvalue weighted by Crippen LogP contribution is -2.49. The minimum atomic E-state index is 0.0756. The van der Waals surface area contributed by atoms with Crippen LogP contribution in [0.4, 0.5) is 5.95 Å². The molecule has 4 rings (SSSR count). The van der Waals surface area contributed by atoms with Crippen LogP contribution in [0.3, 0.4) is 0 Å². The number of nitrogens with zero attached hydrogens (tertiary/aromatic N) is 4. The van der Waals surface area contributed by atoms with Gasteiger partial charge in [0.05, 0.1) is 0 Å². The Morgan fingerprint density at radius 1 is 1.18 bits per heavy atom. The van der Waals surface area contributed by atoms with Gasteiger partial charge in [-0.1, -0.05) is 6.07 Å². The van der Waals surface area contributed by atoms with Gasteiger partial charge < -0.3 is 14.8 Å². The number of hydrogen-bond donors (Lipinski definition) is 1. The monoisotopic (exact) mass is 381 g/mol. The molecule has 1 N–H and O–H groups in total. The molecule has 28 heavy (non-hydrogen) atoms. The van der Waals surface area contributed by atoms with Crippen LogP contribution in [-0.4, -0.2) is 45.0 Å². The maximum atomic E-state index is 12.7. The zero-order chi connectivity index (χ0) is 19.7. The number of likely N-dealkylation sites (tertiary alicyclic amines) is 1. The molecule has 148 valence electrons. The summed E-state index contributed by atoms with van der Waals surface area (Å²) in [6.45, 7) is 6.76. The van der Waals surface area contributed by atoms with Crippen LogP contribution in [0.5, 0.6) is 0 Å². The van der Waals surface area contributed by atoms with Crippen molar-refractivity contribution in [2.24, 2.45) is 5.92 Å². The summed E-state index contributed by atoms with van der Waals surface area (Å²) in [5.41, 5.74) is 3.03. The molecule has 2 atom stereocenters. The second kappa shape index (κ2) is 7.73. The molecular weight excluding hydrogens is 354 g/mol. The van der Waals surface area contributed by atoms with Gasteiger partial charge in [-0.05, 0) is 44.7 Å². The minimum Gasteiger partial charge on any atom is -0.354 e. The molecule has 0 saturated carbocycles. The Labute approximate surface area is 164 Å². The summed E-state index contributed by atoms with van der Waals surface area (Å²) < 4.78 is 1.90. The van der Waals surface area contributed by atoms with E-state index in [1.54, 1.807) is 6.07 Å². The van der Waals surface area contributed by atoms with Crippen LogP contribution in [0.25, 0.3) is 0 Å². The summed E-state index contributed by atoms with van der Waals surface area (Å²) in [5.74, 6) is 1.47. The number of fused-ring (bicyclic) bond motifs is 4. The fraction of sp³-hybridized carbons (Fsp3) is 0.524. The smallest absolute Gasteiger partial charge is 0.250 e. The van der Waals surface area contributed by atoms with Crippen LogP contribution in [0.15, 0.2) is 29.1 Å². The first kappa shape index (κ1) is 18.7. The van der Waals surface area contributed by atoms with Gasteiger partial charge in [0.25, 0.3) is 5.56 Å². The number of nitrogens with one attached hydrogen (secondary N) is 1. The summed E-state index contributed by atoms with van der Waals surface area (Å²) in [7, 11) is 0. The number of piperidine rings is 1. The standard InChI is InChI=1S/C21H27N5O2/c1-14-9-15(2)24-21(23-14)22-8-4-7-19(27)25-11-16-10-17(13-25)18-5-3-6-20(28)26(18)12-16/h3,5-6,9,16-17H,4,7-8,10-13H2,1-2H3,(H,22,23,24). The molecule has 0 aromatic carbocycles. The molecule has 2 aliphatic rings. The maximum Gasteiger partial charge on any atom is 0.250 e. The van der Waals surface area contributed by atoms with Crippen molar-refractivity contribution in [2.75, 3.05) is 25.0 Å². The SMILES string of the molecule is Cc1cc(C)nc(NCCCC(=O)N2CC3CC(C2)c2cccc(=O)n2C3)n1. The number of pyridine rings is 1. The van der Waals surface area contributed by atoms with Crippen molar-refractivity contribution >= 4 is 11.9 Å². The average molecular weight is 381 g/mol. The van der Waals surface area contributed by atoms with Gasteiger partial charge in [-0.3, -0.25) is 9.59 Å². The van der Waals surface area contributed by atoms with Crippen LogP contribution in [0.2, 0.25) is 0 Å². The lowest BCUT2D eigenvalue weighted by Gasteiger charge is -2.42. The van der Waals surface area contributed by atoms with Gasteiger partial charge >= 0.3 is 0 Å². The van der Waals surface area contributed by atoms with E-state index in [9.17, 15) is 9.59 Å². The normalized spacial score (nSPS) is 20.6. The summed E-state index contributed by atoms with van der Waals surface area (Å²) in [5, 5.41) is 3.21. The largest absolute Gasteiger partial charge is 0.354 e. The molecule has 7 nitrogen and oxygen atoms in total. The van der Waals surface area contributed by atoms with Crippen LogP contribution < -0.4 is 10.9 Å². The van der Waals surface area contributed by atoms with Crippen molar-refractivity contribution in [1.29, 1.82) is 0 Å². The van der Waals surface area contributed by atoms with Crippen LogP contribution in [0, 0.1) is 19.8 Å². The number of aryl methyl sites for hydroxylation is 2. The van der Waals surface area contributed by atoms with E-state index in [1.165, 1.54) is 0 Å². The molecule has 0 spiro atoms. The van der Waals surface area contributed by atoms with Crippen molar-refractivity contribution in [3.05, 3.63) is 51.7 Å². The molecule has 0 aliphatic carbocycles. The highest BCUT2D eigenvalue weighted by Gasteiger charge is 2.35. The number of anilines is 1. The van der Waals surface area contributed by atoms with E-state index >= 15 is 0 Å². The van der Waals surface area contributed by atoms with E-state index in [2.05, 4.69) is 15.3 Å². The molecule has 1 saturated heterocycles. The van der Waals surface area contributed by atoms with Gasteiger partial charge in [0.2, 0.25) is 11.9 Å². The Kier molecular flexibility index (Phi) is 5.15. The lowest BCUT2D eigenvalue weighted by molar-refractivity contribution is -0.134. The van der Waals surface area contributed by atoms with Crippen molar-refractivity contribution < 1.29 is 4.79 Å². The third-order valence-corrected chi connectivity index (χ3v) is 5.67. The Balaban J connectivity index is 1.31. The van der Waals surface area contributed by atoms with Gasteiger partial charge in [0, 0.05) is 61.7 Å². The van der Waals surface area contributed by atoms with Gasteiger partial charge in [-0.2, -0.15) is 0 Å². The predicted molar refractivity (Wildman–Crippen MR) is 107 cm³/mol. The van der Waals surface area contributed by atoms with Crippen molar-refractivity contribution in [3.8, 4) is 0 Å². The van der Waals surface area contributed by atoms with Gasteiger partial charge in [-0.25, -0.2) is 9.97 Å². The Morgan fingerprint density at radius 3 is 2.75 bits per heavy atom. The van der Waals surface area contributed by atoms with E-state index in [-0.39, 0.29) is 17.4 Å². The van der Waals surface area contributed by atoms with Crippen LogP contribution in [0.1, 0.15) is 42.3 Å². The first-order valence-electron chi connectivity index (χ1n) is 10.0.